The third-order valence-corrected chi connectivity index (χ3v) is 2.25. The number of carbonyl (C=O) groups excluding carboxylic acids is 1. The van der Waals surface area contributed by atoms with Crippen molar-refractivity contribution >= 4 is 5.97 Å². The lowest BCUT2D eigenvalue weighted by molar-refractivity contribution is -0.146. The number of ether oxygens (including phenoxy) is 2. The highest BCUT2D eigenvalue weighted by Gasteiger charge is 2.50. The lowest BCUT2D eigenvalue weighted by Crippen LogP contribution is -2.33. The zero-order valence-electron chi connectivity index (χ0n) is 6.34. The van der Waals surface area contributed by atoms with E-state index in [4.69, 9.17) is 14.6 Å². The van der Waals surface area contributed by atoms with Gasteiger partial charge in [-0.25, -0.2) is 0 Å². The van der Waals surface area contributed by atoms with Gasteiger partial charge < -0.3 is 19.7 Å². The molecule has 0 bridgehead atoms. The van der Waals surface area contributed by atoms with Gasteiger partial charge in [0.15, 0.2) is 6.10 Å². The Hall–Kier alpha value is -0.650. The van der Waals surface area contributed by atoms with Gasteiger partial charge in [-0.05, 0) is 0 Å². The number of hydrogen-bond acceptors (Lipinski definition) is 5. The summed E-state index contributed by atoms with van der Waals surface area (Å²) >= 11 is 0. The average molecular weight is 174 g/mol. The first-order valence-corrected chi connectivity index (χ1v) is 3.86. The molecular formula is C7H10O5. The first-order chi connectivity index (χ1) is 5.72. The van der Waals surface area contributed by atoms with Crippen LogP contribution in [-0.2, 0) is 14.3 Å². The zero-order chi connectivity index (χ0) is 8.72. The Bertz CT molecular complexity index is 204. The van der Waals surface area contributed by atoms with Gasteiger partial charge in [0.05, 0.1) is 13.0 Å². The van der Waals surface area contributed by atoms with E-state index in [2.05, 4.69) is 0 Å². The van der Waals surface area contributed by atoms with Gasteiger partial charge in [0, 0.05) is 0 Å². The lowest BCUT2D eigenvalue weighted by Gasteiger charge is -2.13. The van der Waals surface area contributed by atoms with Gasteiger partial charge in [0.1, 0.15) is 18.3 Å². The normalized spacial score (nSPS) is 46.0. The van der Waals surface area contributed by atoms with Gasteiger partial charge in [-0.3, -0.25) is 4.79 Å². The van der Waals surface area contributed by atoms with Crippen molar-refractivity contribution in [3.05, 3.63) is 0 Å². The van der Waals surface area contributed by atoms with Crippen LogP contribution in [0.15, 0.2) is 0 Å². The van der Waals surface area contributed by atoms with E-state index < -0.39 is 18.3 Å². The van der Waals surface area contributed by atoms with Crippen LogP contribution in [0.25, 0.3) is 0 Å². The third kappa shape index (κ3) is 1.01. The Morgan fingerprint density at radius 3 is 2.92 bits per heavy atom. The molecule has 0 aromatic rings. The summed E-state index contributed by atoms with van der Waals surface area (Å²) < 4.78 is 9.98. The van der Waals surface area contributed by atoms with Crippen molar-refractivity contribution in [2.45, 2.75) is 30.8 Å². The molecule has 2 saturated heterocycles. The van der Waals surface area contributed by atoms with Gasteiger partial charge >= 0.3 is 5.97 Å². The summed E-state index contributed by atoms with van der Waals surface area (Å²) in [6.45, 7) is -0.244. The molecule has 0 saturated carbocycles. The topological polar surface area (TPSA) is 76.0 Å². The van der Waals surface area contributed by atoms with Crippen LogP contribution >= 0.6 is 0 Å². The quantitative estimate of drug-likeness (QED) is 0.469. The van der Waals surface area contributed by atoms with E-state index in [-0.39, 0.29) is 25.1 Å². The molecule has 2 heterocycles. The van der Waals surface area contributed by atoms with E-state index >= 15 is 0 Å². The lowest BCUT2D eigenvalue weighted by atomic mass is 10.1. The maximum absolute atomic E-state index is 10.7. The second-order valence-electron chi connectivity index (χ2n) is 3.04. The highest BCUT2D eigenvalue weighted by atomic mass is 16.6. The predicted molar refractivity (Wildman–Crippen MR) is 36.3 cm³/mol. The van der Waals surface area contributed by atoms with E-state index in [1.807, 2.05) is 0 Å². The average Bonchev–Trinajstić information content (AvgIpc) is 2.51. The molecule has 5 heteroatoms. The number of hydrogen-bond donors (Lipinski definition) is 2. The van der Waals surface area contributed by atoms with Gasteiger partial charge in [0.2, 0.25) is 0 Å². The summed E-state index contributed by atoms with van der Waals surface area (Å²) in [6, 6.07) is 0. The molecule has 0 aromatic heterocycles. The minimum absolute atomic E-state index is 0.179. The van der Waals surface area contributed by atoms with Crippen molar-refractivity contribution in [2.75, 3.05) is 6.61 Å². The largest absolute Gasteiger partial charge is 0.457 e. The molecule has 2 aliphatic heterocycles. The molecule has 0 amide bonds. The minimum atomic E-state index is -0.883. The highest BCUT2D eigenvalue weighted by Crippen LogP contribution is 2.31. The van der Waals surface area contributed by atoms with Crippen LogP contribution < -0.4 is 0 Å². The number of esters is 1. The Morgan fingerprint density at radius 2 is 2.33 bits per heavy atom. The van der Waals surface area contributed by atoms with Crippen LogP contribution in [0, 0.1) is 0 Å². The highest BCUT2D eigenvalue weighted by molar-refractivity contribution is 5.72. The number of aliphatic hydroxyl groups is 2. The Kier molecular flexibility index (Phi) is 1.79. The molecule has 2 aliphatic rings. The van der Waals surface area contributed by atoms with Crippen molar-refractivity contribution in [2.24, 2.45) is 0 Å². The molecule has 0 aliphatic carbocycles. The van der Waals surface area contributed by atoms with E-state index in [1.165, 1.54) is 0 Å². The minimum Gasteiger partial charge on any atom is -0.457 e. The molecule has 0 spiro atoms. The van der Waals surface area contributed by atoms with Crippen LogP contribution in [0.2, 0.25) is 0 Å². The summed E-state index contributed by atoms with van der Waals surface area (Å²) in [5.41, 5.74) is 0. The molecule has 0 unspecified atom stereocenters. The Morgan fingerprint density at radius 1 is 1.58 bits per heavy atom. The fourth-order valence-electron chi connectivity index (χ4n) is 1.64. The van der Waals surface area contributed by atoms with Gasteiger partial charge in [0.25, 0.3) is 0 Å². The fourth-order valence-corrected chi connectivity index (χ4v) is 1.64. The summed E-state index contributed by atoms with van der Waals surface area (Å²) in [4.78, 5) is 10.7. The van der Waals surface area contributed by atoms with E-state index in [0.29, 0.717) is 0 Å². The molecule has 2 N–H and O–H groups in total. The third-order valence-electron chi connectivity index (χ3n) is 2.25. The van der Waals surface area contributed by atoms with Crippen molar-refractivity contribution in [3.63, 3.8) is 0 Å². The van der Waals surface area contributed by atoms with E-state index in [9.17, 15) is 9.90 Å². The second kappa shape index (κ2) is 2.69. The molecule has 0 aromatic carbocycles. The van der Waals surface area contributed by atoms with Crippen LogP contribution in [0.3, 0.4) is 0 Å². The van der Waals surface area contributed by atoms with Crippen LogP contribution in [0.5, 0.6) is 0 Å². The molecule has 2 rings (SSSR count). The van der Waals surface area contributed by atoms with Crippen molar-refractivity contribution in [1.29, 1.82) is 0 Å². The SMILES string of the molecule is O=C1C[C@H]2O[C@@H](CO)[C@@H](O)[C@H]2O1. The summed E-state index contributed by atoms with van der Waals surface area (Å²) in [6.07, 6.45) is -2.25. The maximum atomic E-state index is 10.7. The van der Waals surface area contributed by atoms with Crippen LogP contribution in [0.1, 0.15) is 6.42 Å². The Balaban J connectivity index is 2.08. The smallest absolute Gasteiger partial charge is 0.309 e. The monoisotopic (exact) mass is 174 g/mol. The molecule has 0 radical (unpaired) electrons. The Labute approximate surface area is 68.9 Å². The fraction of sp³-hybridized carbons (Fsp3) is 0.857. The number of rotatable bonds is 1. The van der Waals surface area contributed by atoms with Crippen LogP contribution in [0.4, 0.5) is 0 Å². The van der Waals surface area contributed by atoms with Crippen molar-refractivity contribution < 1.29 is 24.5 Å². The first kappa shape index (κ1) is 7.97. The molecule has 12 heavy (non-hydrogen) atoms. The first-order valence-electron chi connectivity index (χ1n) is 3.86. The molecule has 68 valence electrons. The molecule has 4 atom stereocenters. The summed E-state index contributed by atoms with van der Waals surface area (Å²) in [5.74, 6) is -0.347. The standard InChI is InChI=1S/C7H10O5/c8-2-4-6(10)7-3(11-4)1-5(9)12-7/h3-4,6-8,10H,1-2H2/t3-,4+,6-,7+/m1/s1. The van der Waals surface area contributed by atoms with Gasteiger partial charge in [-0.1, -0.05) is 0 Å². The van der Waals surface area contributed by atoms with Gasteiger partial charge in [-0.2, -0.15) is 0 Å². The summed E-state index contributed by atoms with van der Waals surface area (Å²) in [7, 11) is 0. The van der Waals surface area contributed by atoms with E-state index in [1.54, 1.807) is 0 Å². The van der Waals surface area contributed by atoms with Crippen molar-refractivity contribution in [3.8, 4) is 0 Å². The van der Waals surface area contributed by atoms with Gasteiger partial charge in [-0.15, -0.1) is 0 Å². The number of aliphatic hydroxyl groups excluding tert-OH is 2. The maximum Gasteiger partial charge on any atom is 0.309 e. The number of carbonyl (C=O) groups is 1. The molecule has 2 fully saturated rings. The molecular weight excluding hydrogens is 164 g/mol. The second-order valence-corrected chi connectivity index (χ2v) is 3.04. The molecule has 5 nitrogen and oxygen atoms in total. The van der Waals surface area contributed by atoms with E-state index in [0.717, 1.165) is 0 Å². The zero-order valence-corrected chi connectivity index (χ0v) is 6.34. The predicted octanol–water partition coefficient (Wildman–Crippen LogP) is -1.58. The summed E-state index contributed by atoms with van der Waals surface area (Å²) in [5, 5.41) is 18.1. The van der Waals surface area contributed by atoms with Crippen molar-refractivity contribution in [1.82, 2.24) is 0 Å². The van der Waals surface area contributed by atoms with Crippen LogP contribution in [-0.4, -0.2) is 47.2 Å². The number of fused-ring (bicyclic) bond motifs is 1.